The topological polar surface area (TPSA) is 85.0 Å². The molecule has 0 aromatic carbocycles. The number of nitrogens with zero attached hydrogens (tertiary/aromatic N) is 3. The van der Waals surface area contributed by atoms with Gasteiger partial charge in [0.15, 0.2) is 0 Å². The quantitative estimate of drug-likeness (QED) is 0.717. The lowest BCUT2D eigenvalue weighted by Crippen LogP contribution is -2.32. The van der Waals surface area contributed by atoms with E-state index in [-0.39, 0.29) is 24.9 Å². The number of piperidine rings is 1. The van der Waals surface area contributed by atoms with Gasteiger partial charge in [0.05, 0.1) is 5.69 Å². The molecule has 1 fully saturated rings. The highest BCUT2D eigenvalue weighted by Crippen LogP contribution is 2.22. The molecule has 2 aromatic rings. The highest BCUT2D eigenvalue weighted by Gasteiger charge is 2.19. The molecule has 1 saturated heterocycles. The van der Waals surface area contributed by atoms with E-state index in [1.807, 2.05) is 24.6 Å². The molecule has 0 saturated carbocycles. The minimum absolute atomic E-state index is 0. The van der Waals surface area contributed by atoms with Crippen LogP contribution in [-0.4, -0.2) is 40.5 Å². The smallest absolute Gasteiger partial charge is 0.241 e. The third-order valence-electron chi connectivity index (χ3n) is 4.86. The third kappa shape index (κ3) is 5.08. The Hall–Kier alpha value is -1.86. The van der Waals surface area contributed by atoms with E-state index in [1.165, 1.54) is 6.42 Å². The number of carbonyl (C=O) groups is 1. The zero-order valence-electron chi connectivity index (χ0n) is 15.5. The lowest BCUT2D eigenvalue weighted by Gasteiger charge is -2.23. The SMILES string of the molecule is Cc1noc(C)c1CCCNC(=O)Cn1nccc1C1CCCNC1.Cl. The predicted molar refractivity (Wildman–Crippen MR) is 102 cm³/mol. The van der Waals surface area contributed by atoms with Crippen LogP contribution in [0.2, 0.25) is 0 Å². The number of halogens is 1. The molecule has 0 bridgehead atoms. The van der Waals surface area contributed by atoms with Crippen molar-refractivity contribution in [3.63, 3.8) is 0 Å². The number of aromatic nitrogens is 3. The summed E-state index contributed by atoms with van der Waals surface area (Å²) in [5, 5.41) is 14.7. The van der Waals surface area contributed by atoms with Gasteiger partial charge in [-0.2, -0.15) is 5.10 Å². The van der Waals surface area contributed by atoms with E-state index in [9.17, 15) is 4.79 Å². The summed E-state index contributed by atoms with van der Waals surface area (Å²) in [7, 11) is 0. The molecule has 7 nitrogen and oxygen atoms in total. The number of hydrogen-bond acceptors (Lipinski definition) is 5. The summed E-state index contributed by atoms with van der Waals surface area (Å²) >= 11 is 0. The molecule has 144 valence electrons. The molecule has 2 N–H and O–H groups in total. The maximum atomic E-state index is 12.2. The van der Waals surface area contributed by atoms with Crippen molar-refractivity contribution in [2.75, 3.05) is 19.6 Å². The van der Waals surface area contributed by atoms with Crippen molar-refractivity contribution in [2.24, 2.45) is 0 Å². The van der Waals surface area contributed by atoms with E-state index < -0.39 is 0 Å². The Labute approximate surface area is 160 Å². The minimum atomic E-state index is 0. The molecule has 1 amide bonds. The summed E-state index contributed by atoms with van der Waals surface area (Å²) in [4.78, 5) is 12.2. The predicted octanol–water partition coefficient (Wildman–Crippen LogP) is 2.13. The Morgan fingerprint density at radius 1 is 1.46 bits per heavy atom. The van der Waals surface area contributed by atoms with Gasteiger partial charge in [0.2, 0.25) is 5.91 Å². The molecule has 1 aliphatic rings. The lowest BCUT2D eigenvalue weighted by atomic mass is 9.96. The van der Waals surface area contributed by atoms with Crippen molar-refractivity contribution in [3.8, 4) is 0 Å². The summed E-state index contributed by atoms with van der Waals surface area (Å²) < 4.78 is 6.99. The van der Waals surface area contributed by atoms with Crippen LogP contribution in [0.5, 0.6) is 0 Å². The van der Waals surface area contributed by atoms with Gasteiger partial charge < -0.3 is 15.2 Å². The Kier molecular flexibility index (Phi) is 7.66. The largest absolute Gasteiger partial charge is 0.361 e. The Bertz CT molecular complexity index is 687. The van der Waals surface area contributed by atoms with Crippen LogP contribution in [0.1, 0.15) is 47.9 Å². The van der Waals surface area contributed by atoms with Gasteiger partial charge in [0.25, 0.3) is 0 Å². The highest BCUT2D eigenvalue weighted by atomic mass is 35.5. The van der Waals surface area contributed by atoms with Gasteiger partial charge in [0, 0.05) is 36.5 Å². The highest BCUT2D eigenvalue weighted by molar-refractivity contribution is 5.85. The summed E-state index contributed by atoms with van der Waals surface area (Å²) in [6, 6.07) is 2.03. The van der Waals surface area contributed by atoms with E-state index in [0.717, 1.165) is 55.1 Å². The van der Waals surface area contributed by atoms with Crippen LogP contribution < -0.4 is 10.6 Å². The molecular formula is C18H28ClN5O2. The molecule has 1 unspecified atom stereocenters. The van der Waals surface area contributed by atoms with E-state index in [2.05, 4.69) is 20.9 Å². The van der Waals surface area contributed by atoms with Crippen LogP contribution in [0.3, 0.4) is 0 Å². The number of aryl methyl sites for hydroxylation is 2. The van der Waals surface area contributed by atoms with Crippen LogP contribution in [0, 0.1) is 13.8 Å². The molecule has 0 spiro atoms. The summed E-state index contributed by atoms with van der Waals surface area (Å²) in [6.45, 7) is 6.84. The monoisotopic (exact) mass is 381 g/mol. The second-order valence-corrected chi connectivity index (χ2v) is 6.71. The molecular weight excluding hydrogens is 354 g/mol. The number of rotatable bonds is 7. The van der Waals surface area contributed by atoms with E-state index in [1.54, 1.807) is 6.20 Å². The van der Waals surface area contributed by atoms with E-state index >= 15 is 0 Å². The lowest BCUT2D eigenvalue weighted by molar-refractivity contribution is -0.121. The number of hydrogen-bond donors (Lipinski definition) is 2. The number of nitrogens with one attached hydrogen (secondary N) is 2. The molecule has 3 rings (SSSR count). The van der Waals surface area contributed by atoms with Gasteiger partial charge in [-0.15, -0.1) is 12.4 Å². The fraction of sp³-hybridized carbons (Fsp3) is 0.611. The van der Waals surface area contributed by atoms with Crippen molar-refractivity contribution in [3.05, 3.63) is 35.0 Å². The summed E-state index contributed by atoms with van der Waals surface area (Å²) in [6.07, 6.45) is 5.84. The van der Waals surface area contributed by atoms with Crippen molar-refractivity contribution < 1.29 is 9.32 Å². The molecule has 0 aliphatic carbocycles. The van der Waals surface area contributed by atoms with Crippen LogP contribution >= 0.6 is 12.4 Å². The Balaban J connectivity index is 0.00000243. The fourth-order valence-electron chi connectivity index (χ4n) is 3.47. The maximum absolute atomic E-state index is 12.2. The van der Waals surface area contributed by atoms with Gasteiger partial charge in [0.1, 0.15) is 12.3 Å². The second-order valence-electron chi connectivity index (χ2n) is 6.71. The summed E-state index contributed by atoms with van der Waals surface area (Å²) in [5.41, 5.74) is 3.23. The Morgan fingerprint density at radius 3 is 3.00 bits per heavy atom. The average molecular weight is 382 g/mol. The molecule has 8 heteroatoms. The molecule has 1 aliphatic heterocycles. The molecule has 1 atom stereocenters. The van der Waals surface area contributed by atoms with E-state index in [0.29, 0.717) is 12.5 Å². The zero-order chi connectivity index (χ0) is 17.6. The number of carbonyl (C=O) groups excluding carboxylic acids is 1. The first-order chi connectivity index (χ1) is 12.1. The van der Waals surface area contributed by atoms with Crippen molar-refractivity contribution in [2.45, 2.75) is 52.0 Å². The van der Waals surface area contributed by atoms with Gasteiger partial charge in [-0.25, -0.2) is 0 Å². The van der Waals surface area contributed by atoms with Gasteiger partial charge >= 0.3 is 0 Å². The first kappa shape index (κ1) is 20.5. The minimum Gasteiger partial charge on any atom is -0.361 e. The molecule has 2 aromatic heterocycles. The van der Waals surface area contributed by atoms with Crippen LogP contribution in [0.15, 0.2) is 16.8 Å². The standard InChI is InChI=1S/C18H27N5O2.ClH/c1-13-16(14(2)25-22-13)6-4-9-20-18(24)12-23-17(7-10-21-23)15-5-3-8-19-11-15;/h7,10,15,19H,3-6,8-9,11-12H2,1-2H3,(H,20,24);1H. The molecule has 0 radical (unpaired) electrons. The first-order valence-electron chi connectivity index (χ1n) is 9.06. The van der Waals surface area contributed by atoms with Crippen LogP contribution in [0.25, 0.3) is 0 Å². The number of amides is 1. The second kappa shape index (κ2) is 9.73. The van der Waals surface area contributed by atoms with Crippen LogP contribution in [0.4, 0.5) is 0 Å². The van der Waals surface area contributed by atoms with Crippen molar-refractivity contribution in [1.82, 2.24) is 25.6 Å². The Morgan fingerprint density at radius 2 is 2.31 bits per heavy atom. The van der Waals surface area contributed by atoms with Crippen LogP contribution in [-0.2, 0) is 17.8 Å². The maximum Gasteiger partial charge on any atom is 0.241 e. The normalized spacial score (nSPS) is 16.9. The average Bonchev–Trinajstić information content (AvgIpc) is 3.20. The first-order valence-corrected chi connectivity index (χ1v) is 9.06. The van der Waals surface area contributed by atoms with Gasteiger partial charge in [-0.05, 0) is 52.1 Å². The van der Waals surface area contributed by atoms with Crippen molar-refractivity contribution in [1.29, 1.82) is 0 Å². The summed E-state index contributed by atoms with van der Waals surface area (Å²) in [5.74, 6) is 1.32. The zero-order valence-corrected chi connectivity index (χ0v) is 16.3. The van der Waals surface area contributed by atoms with Crippen molar-refractivity contribution >= 4 is 18.3 Å². The molecule has 26 heavy (non-hydrogen) atoms. The third-order valence-corrected chi connectivity index (χ3v) is 4.86. The van der Waals surface area contributed by atoms with Gasteiger partial charge in [-0.1, -0.05) is 5.16 Å². The fourth-order valence-corrected chi connectivity index (χ4v) is 3.47. The van der Waals surface area contributed by atoms with Gasteiger partial charge in [-0.3, -0.25) is 9.48 Å². The molecule has 3 heterocycles. The van der Waals surface area contributed by atoms with E-state index in [4.69, 9.17) is 4.52 Å².